The first-order chi connectivity index (χ1) is 7.99. The molecular formula is C11H10FNO4. The van der Waals surface area contributed by atoms with Crippen molar-refractivity contribution in [2.24, 2.45) is 0 Å². The van der Waals surface area contributed by atoms with Gasteiger partial charge in [0.25, 0.3) is 0 Å². The predicted molar refractivity (Wildman–Crippen MR) is 56.3 cm³/mol. The Morgan fingerprint density at radius 3 is 2.71 bits per heavy atom. The van der Waals surface area contributed by atoms with Crippen LogP contribution in [0.1, 0.15) is 16.8 Å². The summed E-state index contributed by atoms with van der Waals surface area (Å²) in [5, 5.41) is 18.3. The van der Waals surface area contributed by atoms with Gasteiger partial charge in [0.15, 0.2) is 0 Å². The van der Waals surface area contributed by atoms with Gasteiger partial charge in [0.2, 0.25) is 5.91 Å². The Morgan fingerprint density at radius 1 is 1.47 bits per heavy atom. The Labute approximate surface area is 96.1 Å². The molecule has 1 amide bonds. The van der Waals surface area contributed by atoms with Crippen LogP contribution >= 0.6 is 0 Å². The van der Waals surface area contributed by atoms with Crippen molar-refractivity contribution in [3.8, 4) is 0 Å². The third kappa shape index (κ3) is 2.12. The second-order valence-electron chi connectivity index (χ2n) is 3.83. The van der Waals surface area contributed by atoms with Crippen molar-refractivity contribution in [1.82, 2.24) is 0 Å². The first-order valence-corrected chi connectivity index (χ1v) is 5.00. The van der Waals surface area contributed by atoms with Gasteiger partial charge in [0.05, 0.1) is 30.3 Å². The minimum absolute atomic E-state index is 0.0325. The molecule has 2 rings (SSSR count). The summed E-state index contributed by atoms with van der Waals surface area (Å²) in [6.45, 7) is 0.0325. The van der Waals surface area contributed by atoms with Crippen LogP contribution in [0.15, 0.2) is 18.2 Å². The molecule has 1 unspecified atom stereocenters. The molecule has 5 nitrogen and oxygen atoms in total. The monoisotopic (exact) mass is 239 g/mol. The summed E-state index contributed by atoms with van der Waals surface area (Å²) in [4.78, 5) is 23.6. The molecule has 6 heteroatoms. The molecule has 1 heterocycles. The van der Waals surface area contributed by atoms with E-state index in [2.05, 4.69) is 0 Å². The smallest absolute Gasteiger partial charge is 0.337 e. The lowest BCUT2D eigenvalue weighted by Gasteiger charge is -2.18. The SMILES string of the molecule is O=C(O)c1cc(F)ccc1N1CC(O)CC1=O. The maximum atomic E-state index is 13.0. The molecular weight excluding hydrogens is 229 g/mol. The van der Waals surface area contributed by atoms with Crippen molar-refractivity contribution < 1.29 is 24.2 Å². The Hall–Kier alpha value is -1.95. The quantitative estimate of drug-likeness (QED) is 0.793. The van der Waals surface area contributed by atoms with E-state index in [4.69, 9.17) is 5.11 Å². The Morgan fingerprint density at radius 2 is 2.18 bits per heavy atom. The van der Waals surface area contributed by atoms with Crippen LogP contribution in [0.25, 0.3) is 0 Å². The number of benzene rings is 1. The van der Waals surface area contributed by atoms with E-state index in [1.165, 1.54) is 6.07 Å². The molecule has 0 aromatic heterocycles. The predicted octanol–water partition coefficient (Wildman–Crippen LogP) is 0.621. The fourth-order valence-electron chi connectivity index (χ4n) is 1.84. The lowest BCUT2D eigenvalue weighted by molar-refractivity contribution is -0.117. The zero-order valence-electron chi connectivity index (χ0n) is 8.76. The fraction of sp³-hybridized carbons (Fsp3) is 0.273. The van der Waals surface area contributed by atoms with Gasteiger partial charge in [-0.2, -0.15) is 0 Å². The highest BCUT2D eigenvalue weighted by atomic mass is 19.1. The number of carboxylic acid groups (broad SMARTS) is 1. The average Bonchev–Trinajstić information content (AvgIpc) is 2.57. The maximum Gasteiger partial charge on any atom is 0.337 e. The summed E-state index contributed by atoms with van der Waals surface area (Å²) in [6, 6.07) is 3.17. The number of halogens is 1. The van der Waals surface area contributed by atoms with Gasteiger partial charge in [-0.15, -0.1) is 0 Å². The highest BCUT2D eigenvalue weighted by Crippen LogP contribution is 2.26. The Kier molecular flexibility index (Phi) is 2.81. The highest BCUT2D eigenvalue weighted by molar-refractivity contribution is 6.03. The van der Waals surface area contributed by atoms with E-state index in [0.717, 1.165) is 17.0 Å². The first-order valence-electron chi connectivity index (χ1n) is 5.00. The fourth-order valence-corrected chi connectivity index (χ4v) is 1.84. The van der Waals surface area contributed by atoms with Gasteiger partial charge in [-0.3, -0.25) is 4.79 Å². The minimum atomic E-state index is -1.31. The van der Waals surface area contributed by atoms with E-state index >= 15 is 0 Å². The second kappa shape index (κ2) is 4.14. The van der Waals surface area contributed by atoms with Crippen LogP contribution in [0.3, 0.4) is 0 Å². The van der Waals surface area contributed by atoms with Gasteiger partial charge < -0.3 is 15.1 Å². The number of anilines is 1. The molecule has 0 bridgehead atoms. The molecule has 1 aromatic rings. The molecule has 1 saturated heterocycles. The minimum Gasteiger partial charge on any atom is -0.478 e. The molecule has 90 valence electrons. The van der Waals surface area contributed by atoms with E-state index in [1.54, 1.807) is 0 Å². The Bertz CT molecular complexity index is 488. The molecule has 1 aromatic carbocycles. The molecule has 0 aliphatic carbocycles. The number of carbonyl (C=O) groups is 2. The van der Waals surface area contributed by atoms with Crippen LogP contribution in [-0.2, 0) is 4.79 Å². The van der Waals surface area contributed by atoms with E-state index in [-0.39, 0.29) is 30.1 Å². The van der Waals surface area contributed by atoms with Crippen molar-refractivity contribution in [2.75, 3.05) is 11.4 Å². The number of aromatic carboxylic acids is 1. The molecule has 1 aliphatic rings. The molecule has 1 aliphatic heterocycles. The van der Waals surface area contributed by atoms with Gasteiger partial charge in [-0.05, 0) is 18.2 Å². The molecule has 1 fully saturated rings. The Balaban J connectivity index is 2.45. The first kappa shape index (κ1) is 11.5. The topological polar surface area (TPSA) is 77.8 Å². The van der Waals surface area contributed by atoms with Gasteiger partial charge in [0.1, 0.15) is 5.82 Å². The van der Waals surface area contributed by atoms with E-state index in [9.17, 15) is 19.1 Å². The average molecular weight is 239 g/mol. The molecule has 2 N–H and O–H groups in total. The van der Waals surface area contributed by atoms with Crippen molar-refractivity contribution in [3.05, 3.63) is 29.6 Å². The van der Waals surface area contributed by atoms with Crippen LogP contribution in [0.2, 0.25) is 0 Å². The zero-order valence-corrected chi connectivity index (χ0v) is 8.76. The van der Waals surface area contributed by atoms with Gasteiger partial charge in [-0.1, -0.05) is 0 Å². The molecule has 0 radical (unpaired) electrons. The van der Waals surface area contributed by atoms with Crippen LogP contribution < -0.4 is 4.90 Å². The van der Waals surface area contributed by atoms with E-state index in [0.29, 0.717) is 0 Å². The lowest BCUT2D eigenvalue weighted by Crippen LogP contribution is -2.27. The number of rotatable bonds is 2. The van der Waals surface area contributed by atoms with Crippen molar-refractivity contribution >= 4 is 17.6 Å². The highest BCUT2D eigenvalue weighted by Gasteiger charge is 2.31. The van der Waals surface area contributed by atoms with Crippen molar-refractivity contribution in [2.45, 2.75) is 12.5 Å². The zero-order chi connectivity index (χ0) is 12.6. The van der Waals surface area contributed by atoms with Gasteiger partial charge in [-0.25, -0.2) is 9.18 Å². The number of carbonyl (C=O) groups excluding carboxylic acids is 1. The number of carboxylic acids is 1. The summed E-state index contributed by atoms with van der Waals surface area (Å²) in [6.07, 6.45) is -0.856. The third-order valence-corrected chi connectivity index (χ3v) is 2.58. The van der Waals surface area contributed by atoms with E-state index in [1.807, 2.05) is 0 Å². The number of nitrogens with zero attached hydrogens (tertiary/aromatic N) is 1. The van der Waals surface area contributed by atoms with Crippen LogP contribution in [0.4, 0.5) is 10.1 Å². The number of amides is 1. The molecule has 0 saturated carbocycles. The third-order valence-electron chi connectivity index (χ3n) is 2.58. The lowest BCUT2D eigenvalue weighted by atomic mass is 10.1. The normalized spacial score (nSPS) is 19.8. The number of β-amino-alcohol motifs (C(OH)–C–C–N with tert-alkyl or cyclic N) is 1. The van der Waals surface area contributed by atoms with Gasteiger partial charge >= 0.3 is 5.97 Å². The van der Waals surface area contributed by atoms with E-state index < -0.39 is 17.9 Å². The van der Waals surface area contributed by atoms with Crippen LogP contribution in [-0.4, -0.2) is 34.7 Å². The maximum absolute atomic E-state index is 13.0. The number of aliphatic hydroxyl groups excluding tert-OH is 1. The summed E-state index contributed by atoms with van der Waals surface area (Å²) in [7, 11) is 0. The van der Waals surface area contributed by atoms with Crippen molar-refractivity contribution in [3.63, 3.8) is 0 Å². The summed E-state index contributed by atoms with van der Waals surface area (Å²) < 4.78 is 13.0. The van der Waals surface area contributed by atoms with Crippen molar-refractivity contribution in [1.29, 1.82) is 0 Å². The molecule has 1 atom stereocenters. The second-order valence-corrected chi connectivity index (χ2v) is 3.83. The standard InChI is InChI=1S/C11H10FNO4/c12-6-1-2-9(8(3-6)11(16)17)13-5-7(14)4-10(13)15/h1-3,7,14H,4-5H2,(H,16,17). The summed E-state index contributed by atoms with van der Waals surface area (Å²) >= 11 is 0. The number of hydrogen-bond acceptors (Lipinski definition) is 3. The largest absolute Gasteiger partial charge is 0.478 e. The summed E-state index contributed by atoms with van der Waals surface area (Å²) in [5.41, 5.74) is -0.173. The number of hydrogen-bond donors (Lipinski definition) is 2. The molecule has 17 heavy (non-hydrogen) atoms. The van der Waals surface area contributed by atoms with Crippen LogP contribution in [0.5, 0.6) is 0 Å². The van der Waals surface area contributed by atoms with Crippen LogP contribution in [0, 0.1) is 5.82 Å². The number of aliphatic hydroxyl groups is 1. The summed E-state index contributed by atoms with van der Waals surface area (Å²) in [5.74, 6) is -2.36. The van der Waals surface area contributed by atoms with Gasteiger partial charge in [0, 0.05) is 0 Å². The molecule has 0 spiro atoms.